The van der Waals surface area contributed by atoms with E-state index in [1.807, 2.05) is 0 Å². The van der Waals surface area contributed by atoms with E-state index in [1.165, 1.54) is 30.5 Å². The predicted molar refractivity (Wildman–Crippen MR) is 92.9 cm³/mol. The molecule has 0 amide bonds. The minimum atomic E-state index is -4.61. The maximum atomic E-state index is 13.5. The summed E-state index contributed by atoms with van der Waals surface area (Å²) in [7, 11) is 0. The summed E-state index contributed by atoms with van der Waals surface area (Å²) in [5.74, 6) is -0.402. The van der Waals surface area contributed by atoms with Gasteiger partial charge in [0, 0.05) is 17.1 Å². The van der Waals surface area contributed by atoms with Crippen LogP contribution in [-0.4, -0.2) is 19.7 Å². The SMILES string of the molecule is Fc1ccc(-c2csc(-n3nc(-c4ccccn4)cc3C(F)(F)F)n2)cc1. The molecule has 0 fully saturated rings. The molecule has 136 valence electrons. The van der Waals surface area contributed by atoms with Crippen LogP contribution in [0, 0.1) is 5.82 Å². The molecule has 3 heterocycles. The highest BCUT2D eigenvalue weighted by Crippen LogP contribution is 2.35. The van der Waals surface area contributed by atoms with Crippen LogP contribution in [0.1, 0.15) is 5.69 Å². The lowest BCUT2D eigenvalue weighted by molar-refractivity contribution is -0.142. The molecule has 0 spiro atoms. The van der Waals surface area contributed by atoms with Crippen LogP contribution in [0.15, 0.2) is 60.1 Å². The molecule has 4 nitrogen and oxygen atoms in total. The van der Waals surface area contributed by atoms with Gasteiger partial charge in [0.05, 0.1) is 11.4 Å². The largest absolute Gasteiger partial charge is 0.433 e. The van der Waals surface area contributed by atoms with Crippen molar-refractivity contribution < 1.29 is 17.6 Å². The lowest BCUT2D eigenvalue weighted by Crippen LogP contribution is -2.13. The van der Waals surface area contributed by atoms with Crippen LogP contribution in [-0.2, 0) is 6.18 Å². The number of alkyl halides is 3. The third kappa shape index (κ3) is 3.45. The van der Waals surface area contributed by atoms with Gasteiger partial charge in [0.25, 0.3) is 0 Å². The lowest BCUT2D eigenvalue weighted by atomic mass is 10.2. The number of hydrogen-bond acceptors (Lipinski definition) is 4. The molecule has 0 aliphatic carbocycles. The Balaban J connectivity index is 1.79. The Bertz CT molecular complexity index is 1070. The number of benzene rings is 1. The van der Waals surface area contributed by atoms with Crippen molar-refractivity contribution in [3.8, 4) is 27.8 Å². The minimum absolute atomic E-state index is 0.0591. The summed E-state index contributed by atoms with van der Waals surface area (Å²) in [5.41, 5.74) is 0.532. The molecule has 0 bridgehead atoms. The molecule has 9 heteroatoms. The van der Waals surface area contributed by atoms with Crippen LogP contribution in [0.5, 0.6) is 0 Å². The number of aromatic nitrogens is 4. The predicted octanol–water partition coefficient (Wildman–Crippen LogP) is 5.22. The van der Waals surface area contributed by atoms with Gasteiger partial charge in [0.2, 0.25) is 5.13 Å². The van der Waals surface area contributed by atoms with Crippen molar-refractivity contribution in [3.63, 3.8) is 0 Å². The van der Waals surface area contributed by atoms with E-state index in [4.69, 9.17) is 0 Å². The molecular weight excluding hydrogens is 380 g/mol. The van der Waals surface area contributed by atoms with Gasteiger partial charge >= 0.3 is 6.18 Å². The Morgan fingerprint density at radius 1 is 0.926 bits per heavy atom. The fourth-order valence-corrected chi connectivity index (χ4v) is 3.28. The van der Waals surface area contributed by atoms with Crippen molar-refractivity contribution in [1.29, 1.82) is 0 Å². The first-order valence-corrected chi connectivity index (χ1v) is 8.60. The Kier molecular flexibility index (Phi) is 4.23. The number of thiazole rings is 1. The zero-order chi connectivity index (χ0) is 19.0. The van der Waals surface area contributed by atoms with Gasteiger partial charge in [0.15, 0.2) is 5.69 Å². The van der Waals surface area contributed by atoms with Crippen molar-refractivity contribution in [3.05, 3.63) is 71.6 Å². The topological polar surface area (TPSA) is 43.6 Å². The first-order chi connectivity index (χ1) is 12.9. The summed E-state index contributed by atoms with van der Waals surface area (Å²) < 4.78 is 54.3. The Morgan fingerprint density at radius 3 is 2.37 bits per heavy atom. The number of halogens is 4. The zero-order valence-electron chi connectivity index (χ0n) is 13.5. The highest BCUT2D eigenvalue weighted by atomic mass is 32.1. The first kappa shape index (κ1) is 17.3. The molecule has 3 aromatic heterocycles. The van der Waals surface area contributed by atoms with E-state index in [0.717, 1.165) is 22.1 Å². The van der Waals surface area contributed by atoms with E-state index in [-0.39, 0.29) is 10.8 Å². The molecule has 4 rings (SSSR count). The van der Waals surface area contributed by atoms with Crippen molar-refractivity contribution in [2.24, 2.45) is 0 Å². The average molecular weight is 390 g/mol. The summed E-state index contributed by atoms with van der Waals surface area (Å²) >= 11 is 1.02. The van der Waals surface area contributed by atoms with Crippen LogP contribution in [0.25, 0.3) is 27.8 Å². The lowest BCUT2D eigenvalue weighted by Gasteiger charge is -2.07. The van der Waals surface area contributed by atoms with Crippen LogP contribution in [0.3, 0.4) is 0 Å². The number of rotatable bonds is 3. The maximum Gasteiger partial charge on any atom is 0.433 e. The molecule has 0 saturated heterocycles. The standard InChI is InChI=1S/C18H10F4N4S/c19-12-6-4-11(5-7-12)15-10-27-17(24-15)26-16(18(20,21)22)9-14(25-26)13-3-1-2-8-23-13/h1-10H. The van der Waals surface area contributed by atoms with E-state index in [1.54, 1.807) is 23.6 Å². The summed E-state index contributed by atoms with van der Waals surface area (Å²) in [6.07, 6.45) is -3.13. The monoisotopic (exact) mass is 390 g/mol. The van der Waals surface area contributed by atoms with E-state index in [2.05, 4.69) is 15.1 Å². The molecule has 27 heavy (non-hydrogen) atoms. The second-order valence-electron chi connectivity index (χ2n) is 5.56. The molecule has 4 aromatic rings. The first-order valence-electron chi connectivity index (χ1n) is 7.72. The average Bonchev–Trinajstić information content (AvgIpc) is 3.30. The van der Waals surface area contributed by atoms with Crippen molar-refractivity contribution >= 4 is 11.3 Å². The second-order valence-corrected chi connectivity index (χ2v) is 6.40. The molecule has 0 atom stereocenters. The fraction of sp³-hybridized carbons (Fsp3) is 0.0556. The zero-order valence-corrected chi connectivity index (χ0v) is 14.3. The summed E-state index contributed by atoms with van der Waals surface area (Å²) in [4.78, 5) is 8.28. The number of nitrogens with zero attached hydrogens (tertiary/aromatic N) is 4. The van der Waals surface area contributed by atoms with E-state index >= 15 is 0 Å². The van der Waals surface area contributed by atoms with Crippen LogP contribution < -0.4 is 0 Å². The van der Waals surface area contributed by atoms with Gasteiger partial charge < -0.3 is 0 Å². The fourth-order valence-electron chi connectivity index (χ4n) is 2.48. The van der Waals surface area contributed by atoms with Crippen molar-refractivity contribution in [1.82, 2.24) is 19.7 Å². The quantitative estimate of drug-likeness (QED) is 0.451. The molecule has 0 aliphatic rings. The molecule has 0 unspecified atom stereocenters. The van der Waals surface area contributed by atoms with Gasteiger partial charge in [-0.1, -0.05) is 6.07 Å². The summed E-state index contributed by atoms with van der Waals surface area (Å²) in [6, 6.07) is 11.4. The van der Waals surface area contributed by atoms with Gasteiger partial charge in [-0.05, 0) is 42.5 Å². The number of pyridine rings is 1. The molecule has 0 aliphatic heterocycles. The van der Waals surface area contributed by atoms with Crippen LogP contribution in [0.4, 0.5) is 17.6 Å². The smallest absolute Gasteiger partial charge is 0.255 e. The molecular formula is C18H10F4N4S. The van der Waals surface area contributed by atoms with Crippen molar-refractivity contribution in [2.75, 3.05) is 0 Å². The van der Waals surface area contributed by atoms with E-state index < -0.39 is 17.7 Å². The molecule has 0 radical (unpaired) electrons. The molecule has 1 aromatic carbocycles. The second kappa shape index (κ2) is 6.58. The Morgan fingerprint density at radius 2 is 1.70 bits per heavy atom. The van der Waals surface area contributed by atoms with Crippen molar-refractivity contribution in [2.45, 2.75) is 6.18 Å². The van der Waals surface area contributed by atoms with Gasteiger partial charge in [0.1, 0.15) is 11.5 Å². The van der Waals surface area contributed by atoms with Gasteiger partial charge in [-0.3, -0.25) is 4.98 Å². The Labute approximate surface area is 154 Å². The summed E-state index contributed by atoms with van der Waals surface area (Å²) in [6.45, 7) is 0. The minimum Gasteiger partial charge on any atom is -0.255 e. The normalized spacial score (nSPS) is 11.7. The van der Waals surface area contributed by atoms with Gasteiger partial charge in [-0.15, -0.1) is 11.3 Å². The van der Waals surface area contributed by atoms with E-state index in [0.29, 0.717) is 17.0 Å². The highest BCUT2D eigenvalue weighted by Gasteiger charge is 2.37. The van der Waals surface area contributed by atoms with Crippen LogP contribution in [0.2, 0.25) is 0 Å². The van der Waals surface area contributed by atoms with E-state index in [9.17, 15) is 17.6 Å². The molecule has 0 N–H and O–H groups in total. The third-order valence-electron chi connectivity index (χ3n) is 3.74. The molecule has 0 saturated carbocycles. The maximum absolute atomic E-state index is 13.5. The Hall–Kier alpha value is -3.07. The number of hydrogen-bond donors (Lipinski definition) is 0. The van der Waals surface area contributed by atoms with Gasteiger partial charge in [-0.25, -0.2) is 14.1 Å². The van der Waals surface area contributed by atoms with Gasteiger partial charge in [-0.2, -0.15) is 18.3 Å². The summed E-state index contributed by atoms with van der Waals surface area (Å²) in [5, 5.41) is 5.72. The van der Waals surface area contributed by atoms with Crippen LogP contribution >= 0.6 is 11.3 Å². The highest BCUT2D eigenvalue weighted by molar-refractivity contribution is 7.12. The third-order valence-corrected chi connectivity index (χ3v) is 4.56.